The van der Waals surface area contributed by atoms with Crippen LogP contribution in [0.4, 0.5) is 0 Å². The molecule has 0 aliphatic carbocycles. The molecule has 0 bridgehead atoms. The normalized spacial score (nSPS) is 17.8. The second-order valence-electron chi connectivity index (χ2n) is 7.21. The van der Waals surface area contributed by atoms with Crippen molar-refractivity contribution in [3.05, 3.63) is 70.3 Å². The van der Waals surface area contributed by atoms with Crippen molar-refractivity contribution in [1.82, 2.24) is 4.90 Å². The predicted octanol–water partition coefficient (Wildman–Crippen LogP) is 4.85. The molecule has 0 spiro atoms. The Morgan fingerprint density at radius 2 is 1.62 bits per heavy atom. The maximum absolute atomic E-state index is 13.1. The molecule has 24 heavy (non-hydrogen) atoms. The molecule has 0 aromatic heterocycles. The third kappa shape index (κ3) is 3.87. The topological polar surface area (TPSA) is 20.3 Å². The molecule has 3 rings (SSSR count). The van der Waals surface area contributed by atoms with Gasteiger partial charge in [0.2, 0.25) is 0 Å². The Morgan fingerprint density at radius 1 is 0.958 bits per heavy atom. The summed E-state index contributed by atoms with van der Waals surface area (Å²) in [5.74, 6) is 0.193. The van der Waals surface area contributed by atoms with Crippen LogP contribution in [0.5, 0.6) is 0 Å². The lowest BCUT2D eigenvalue weighted by Crippen LogP contribution is -2.44. The maximum Gasteiger partial charge on any atom is 0.254 e. The molecule has 1 saturated heterocycles. The SMILES string of the molecule is Cc1ccc(CC2CCCCN2C(=O)c2cc(C)cc(C)c2)cc1. The van der Waals surface area contributed by atoms with Crippen LogP contribution in [0.2, 0.25) is 0 Å². The first-order valence-corrected chi connectivity index (χ1v) is 8.98. The van der Waals surface area contributed by atoms with Gasteiger partial charge in [-0.15, -0.1) is 0 Å². The number of rotatable bonds is 3. The molecule has 1 amide bonds. The van der Waals surface area contributed by atoms with Gasteiger partial charge in [0.1, 0.15) is 0 Å². The van der Waals surface area contributed by atoms with Crippen molar-refractivity contribution < 1.29 is 4.79 Å². The molecule has 0 N–H and O–H groups in total. The zero-order valence-electron chi connectivity index (χ0n) is 15.0. The minimum absolute atomic E-state index is 0.193. The van der Waals surface area contributed by atoms with E-state index in [1.165, 1.54) is 17.5 Å². The summed E-state index contributed by atoms with van der Waals surface area (Å²) in [7, 11) is 0. The van der Waals surface area contributed by atoms with Gasteiger partial charge in [-0.05, 0) is 64.2 Å². The monoisotopic (exact) mass is 321 g/mol. The van der Waals surface area contributed by atoms with E-state index in [1.807, 2.05) is 12.1 Å². The quantitative estimate of drug-likeness (QED) is 0.791. The number of nitrogens with zero attached hydrogens (tertiary/aromatic N) is 1. The summed E-state index contributed by atoms with van der Waals surface area (Å²) in [5, 5.41) is 0. The van der Waals surface area contributed by atoms with Gasteiger partial charge in [0.15, 0.2) is 0 Å². The van der Waals surface area contributed by atoms with E-state index in [0.29, 0.717) is 6.04 Å². The second kappa shape index (κ2) is 7.21. The van der Waals surface area contributed by atoms with Crippen molar-refractivity contribution in [2.24, 2.45) is 0 Å². The molecule has 2 aromatic rings. The molecule has 1 fully saturated rings. The standard InChI is InChI=1S/C22H27NO/c1-16-7-9-19(10-8-16)15-21-6-4-5-11-23(21)22(24)20-13-17(2)12-18(3)14-20/h7-10,12-14,21H,4-6,11,15H2,1-3H3. The van der Waals surface area contributed by atoms with Gasteiger partial charge in [0.05, 0.1) is 0 Å². The summed E-state index contributed by atoms with van der Waals surface area (Å²) in [4.78, 5) is 15.2. The summed E-state index contributed by atoms with van der Waals surface area (Å²) in [5.41, 5.74) is 5.76. The summed E-state index contributed by atoms with van der Waals surface area (Å²) < 4.78 is 0. The third-order valence-electron chi connectivity index (χ3n) is 4.95. The van der Waals surface area contributed by atoms with Crippen molar-refractivity contribution >= 4 is 5.91 Å². The Balaban J connectivity index is 1.80. The first-order valence-electron chi connectivity index (χ1n) is 8.98. The Hall–Kier alpha value is -2.09. The number of likely N-dealkylation sites (tertiary alicyclic amines) is 1. The van der Waals surface area contributed by atoms with E-state index >= 15 is 0 Å². The molecule has 2 nitrogen and oxygen atoms in total. The van der Waals surface area contributed by atoms with E-state index in [9.17, 15) is 4.79 Å². The number of aryl methyl sites for hydroxylation is 3. The molecule has 1 atom stereocenters. The highest BCUT2D eigenvalue weighted by Gasteiger charge is 2.27. The van der Waals surface area contributed by atoms with Gasteiger partial charge in [0.25, 0.3) is 5.91 Å². The van der Waals surface area contributed by atoms with Crippen LogP contribution >= 0.6 is 0 Å². The Kier molecular flexibility index (Phi) is 5.03. The third-order valence-corrected chi connectivity index (χ3v) is 4.95. The molecule has 2 heteroatoms. The average molecular weight is 321 g/mol. The largest absolute Gasteiger partial charge is 0.335 e. The lowest BCUT2D eigenvalue weighted by atomic mass is 9.94. The average Bonchev–Trinajstić information content (AvgIpc) is 2.56. The minimum atomic E-state index is 0.193. The molecular weight excluding hydrogens is 294 g/mol. The molecule has 1 unspecified atom stereocenters. The van der Waals surface area contributed by atoms with Crippen LogP contribution in [0.3, 0.4) is 0 Å². The van der Waals surface area contributed by atoms with E-state index in [-0.39, 0.29) is 5.91 Å². The highest BCUT2D eigenvalue weighted by Crippen LogP contribution is 2.24. The first-order chi connectivity index (χ1) is 11.5. The van der Waals surface area contributed by atoms with Crippen LogP contribution in [0.25, 0.3) is 0 Å². The first kappa shape index (κ1) is 16.8. The predicted molar refractivity (Wildman–Crippen MR) is 99.5 cm³/mol. The van der Waals surface area contributed by atoms with Gasteiger partial charge in [-0.3, -0.25) is 4.79 Å². The van der Waals surface area contributed by atoms with Crippen molar-refractivity contribution in [1.29, 1.82) is 0 Å². The van der Waals surface area contributed by atoms with Crippen LogP contribution < -0.4 is 0 Å². The Morgan fingerprint density at radius 3 is 2.29 bits per heavy atom. The number of hydrogen-bond acceptors (Lipinski definition) is 1. The highest BCUT2D eigenvalue weighted by atomic mass is 16.2. The van der Waals surface area contributed by atoms with E-state index in [0.717, 1.165) is 42.5 Å². The zero-order chi connectivity index (χ0) is 17.1. The lowest BCUT2D eigenvalue weighted by molar-refractivity contribution is 0.0613. The lowest BCUT2D eigenvalue weighted by Gasteiger charge is -2.36. The summed E-state index contributed by atoms with van der Waals surface area (Å²) in [6.45, 7) is 7.11. The van der Waals surface area contributed by atoms with Gasteiger partial charge in [-0.1, -0.05) is 47.0 Å². The Labute approximate surface area is 145 Å². The summed E-state index contributed by atoms with van der Waals surface area (Å²) in [6.07, 6.45) is 4.38. The second-order valence-corrected chi connectivity index (χ2v) is 7.21. The van der Waals surface area contributed by atoms with E-state index in [4.69, 9.17) is 0 Å². The van der Waals surface area contributed by atoms with Gasteiger partial charge < -0.3 is 4.90 Å². The van der Waals surface area contributed by atoms with Crippen LogP contribution in [-0.4, -0.2) is 23.4 Å². The van der Waals surface area contributed by atoms with Gasteiger partial charge in [-0.25, -0.2) is 0 Å². The van der Waals surface area contributed by atoms with Crippen molar-refractivity contribution in [3.63, 3.8) is 0 Å². The smallest absolute Gasteiger partial charge is 0.254 e. The number of carbonyl (C=O) groups excluding carboxylic acids is 1. The van der Waals surface area contributed by atoms with Crippen LogP contribution in [-0.2, 0) is 6.42 Å². The van der Waals surface area contributed by atoms with Gasteiger partial charge in [-0.2, -0.15) is 0 Å². The van der Waals surface area contributed by atoms with Crippen molar-refractivity contribution in [2.45, 2.75) is 52.5 Å². The molecule has 1 aliphatic heterocycles. The van der Waals surface area contributed by atoms with Crippen LogP contribution in [0, 0.1) is 20.8 Å². The van der Waals surface area contributed by atoms with Crippen molar-refractivity contribution in [2.75, 3.05) is 6.54 Å². The molecule has 2 aromatic carbocycles. The molecular formula is C22H27NO. The number of benzene rings is 2. The molecule has 1 heterocycles. The molecule has 0 radical (unpaired) electrons. The van der Waals surface area contributed by atoms with Gasteiger partial charge >= 0.3 is 0 Å². The number of piperidine rings is 1. The summed E-state index contributed by atoms with van der Waals surface area (Å²) in [6, 6.07) is 15.2. The van der Waals surface area contributed by atoms with E-state index in [2.05, 4.69) is 56.0 Å². The fourth-order valence-electron chi connectivity index (χ4n) is 3.74. The zero-order valence-corrected chi connectivity index (χ0v) is 15.0. The molecule has 1 aliphatic rings. The number of amides is 1. The van der Waals surface area contributed by atoms with E-state index < -0.39 is 0 Å². The van der Waals surface area contributed by atoms with Gasteiger partial charge in [0, 0.05) is 18.2 Å². The molecule has 0 saturated carbocycles. The maximum atomic E-state index is 13.1. The fourth-order valence-corrected chi connectivity index (χ4v) is 3.74. The number of hydrogen-bond donors (Lipinski definition) is 0. The number of carbonyl (C=O) groups is 1. The van der Waals surface area contributed by atoms with E-state index in [1.54, 1.807) is 0 Å². The molecule has 126 valence electrons. The van der Waals surface area contributed by atoms with Crippen LogP contribution in [0.15, 0.2) is 42.5 Å². The summed E-state index contributed by atoms with van der Waals surface area (Å²) >= 11 is 0. The Bertz CT molecular complexity index is 697. The fraction of sp³-hybridized carbons (Fsp3) is 0.409. The van der Waals surface area contributed by atoms with Crippen LogP contribution in [0.1, 0.15) is 51.9 Å². The highest BCUT2D eigenvalue weighted by molar-refractivity contribution is 5.95. The minimum Gasteiger partial charge on any atom is -0.335 e. The van der Waals surface area contributed by atoms with Crippen molar-refractivity contribution in [3.8, 4) is 0 Å².